The number of benzene rings is 1. The minimum absolute atomic E-state index is 0.0457. The Morgan fingerprint density at radius 1 is 1.18 bits per heavy atom. The summed E-state index contributed by atoms with van der Waals surface area (Å²) in [4.78, 5) is 1.05. The second-order valence-electron chi connectivity index (χ2n) is 5.02. The van der Waals surface area contributed by atoms with Crippen LogP contribution in [0, 0.1) is 0 Å². The summed E-state index contributed by atoms with van der Waals surface area (Å²) in [6, 6.07) is 12.6. The summed E-state index contributed by atoms with van der Waals surface area (Å²) < 4.78 is 28.2. The molecule has 0 saturated carbocycles. The fourth-order valence-corrected chi connectivity index (χ4v) is 4.78. The third kappa shape index (κ3) is 4.39. The molecule has 1 atom stereocenters. The van der Waals surface area contributed by atoms with Crippen molar-refractivity contribution >= 4 is 21.4 Å². The molecular weight excluding hydrogens is 318 g/mol. The maximum absolute atomic E-state index is 12.5. The fraction of sp³-hybridized carbons (Fsp3) is 0.375. The highest BCUT2D eigenvalue weighted by molar-refractivity contribution is 7.91. The molecule has 4 nitrogen and oxygen atoms in total. The van der Waals surface area contributed by atoms with E-state index in [1.54, 1.807) is 6.07 Å². The number of nitrogens with one attached hydrogen (secondary N) is 1. The lowest BCUT2D eigenvalue weighted by Gasteiger charge is -2.18. The first kappa shape index (κ1) is 17.1. The van der Waals surface area contributed by atoms with Crippen LogP contribution in [0.5, 0.6) is 0 Å². The molecule has 0 fully saturated rings. The van der Waals surface area contributed by atoms with Gasteiger partial charge in [0.2, 0.25) is 0 Å². The first-order valence-electron chi connectivity index (χ1n) is 7.33. The first-order valence-corrected chi connectivity index (χ1v) is 9.63. The van der Waals surface area contributed by atoms with Crippen LogP contribution >= 0.6 is 11.3 Å². The molecule has 0 aliphatic rings. The van der Waals surface area contributed by atoms with Gasteiger partial charge in [0.25, 0.3) is 10.0 Å². The van der Waals surface area contributed by atoms with Crippen LogP contribution in [-0.2, 0) is 16.4 Å². The van der Waals surface area contributed by atoms with Crippen molar-refractivity contribution in [3.63, 3.8) is 0 Å². The molecule has 6 heteroatoms. The van der Waals surface area contributed by atoms with Gasteiger partial charge in [0.05, 0.1) is 0 Å². The van der Waals surface area contributed by atoms with E-state index in [-0.39, 0.29) is 12.6 Å². The van der Waals surface area contributed by atoms with Crippen molar-refractivity contribution < 1.29 is 13.5 Å². The van der Waals surface area contributed by atoms with Crippen molar-refractivity contribution in [1.82, 2.24) is 4.72 Å². The third-order valence-electron chi connectivity index (χ3n) is 3.40. The van der Waals surface area contributed by atoms with E-state index in [0.29, 0.717) is 17.1 Å². The van der Waals surface area contributed by atoms with Gasteiger partial charge in [-0.15, -0.1) is 11.3 Å². The van der Waals surface area contributed by atoms with Gasteiger partial charge in [0, 0.05) is 17.5 Å². The number of rotatable bonds is 8. The minimum Gasteiger partial charge on any atom is -0.396 e. The Morgan fingerprint density at radius 2 is 1.91 bits per heavy atom. The van der Waals surface area contributed by atoms with E-state index in [4.69, 9.17) is 5.11 Å². The molecule has 0 aliphatic carbocycles. The van der Waals surface area contributed by atoms with Crippen molar-refractivity contribution in [2.45, 2.75) is 36.4 Å². The van der Waals surface area contributed by atoms with Crippen LogP contribution in [0.4, 0.5) is 0 Å². The monoisotopic (exact) mass is 339 g/mol. The molecule has 0 saturated heterocycles. The molecule has 120 valence electrons. The standard InChI is InChI=1S/C16H21NO3S2/c1-2-14-10-11-16(21-14)22(19,20)17-15(9-6-12-18)13-7-4-3-5-8-13/h3-5,7-8,10-11,15,17-18H,2,6,9,12H2,1H3. The Balaban J connectivity index is 2.21. The Kier molecular flexibility index (Phi) is 6.14. The molecule has 2 rings (SSSR count). The number of sulfonamides is 1. The van der Waals surface area contributed by atoms with Crippen molar-refractivity contribution in [2.75, 3.05) is 6.61 Å². The van der Waals surface area contributed by atoms with Gasteiger partial charge in [0.1, 0.15) is 4.21 Å². The summed E-state index contributed by atoms with van der Waals surface area (Å²) in [6.07, 6.45) is 1.94. The molecule has 1 aromatic carbocycles. The molecule has 0 aliphatic heterocycles. The van der Waals surface area contributed by atoms with Crippen LogP contribution in [0.15, 0.2) is 46.7 Å². The largest absolute Gasteiger partial charge is 0.396 e. The van der Waals surface area contributed by atoms with E-state index >= 15 is 0 Å². The molecule has 0 spiro atoms. The van der Waals surface area contributed by atoms with Crippen molar-refractivity contribution in [3.8, 4) is 0 Å². The van der Waals surface area contributed by atoms with Crippen LogP contribution < -0.4 is 4.72 Å². The number of thiophene rings is 1. The molecule has 0 amide bonds. The lowest BCUT2D eigenvalue weighted by Crippen LogP contribution is -2.28. The summed E-state index contributed by atoms with van der Waals surface area (Å²) in [5.41, 5.74) is 0.909. The Morgan fingerprint density at radius 3 is 2.50 bits per heavy atom. The maximum atomic E-state index is 12.5. The zero-order valence-electron chi connectivity index (χ0n) is 12.5. The maximum Gasteiger partial charge on any atom is 0.250 e. The van der Waals surface area contributed by atoms with Gasteiger partial charge in [-0.3, -0.25) is 0 Å². The minimum atomic E-state index is -3.54. The molecule has 22 heavy (non-hydrogen) atoms. The summed E-state index contributed by atoms with van der Waals surface area (Å²) >= 11 is 1.30. The van der Waals surface area contributed by atoms with Gasteiger partial charge in [0.15, 0.2) is 0 Å². The van der Waals surface area contributed by atoms with E-state index in [1.807, 2.05) is 43.3 Å². The smallest absolute Gasteiger partial charge is 0.250 e. The van der Waals surface area contributed by atoms with E-state index in [0.717, 1.165) is 16.9 Å². The molecule has 0 bridgehead atoms. The normalized spacial score (nSPS) is 13.2. The molecule has 0 radical (unpaired) electrons. The van der Waals surface area contributed by atoms with E-state index in [1.165, 1.54) is 11.3 Å². The Labute approximate surface area is 135 Å². The summed E-state index contributed by atoms with van der Waals surface area (Å²) in [5.74, 6) is 0. The topological polar surface area (TPSA) is 66.4 Å². The third-order valence-corrected chi connectivity index (χ3v) is 6.59. The SMILES string of the molecule is CCc1ccc(S(=O)(=O)NC(CCCO)c2ccccc2)s1. The molecule has 1 aromatic heterocycles. The number of hydrogen-bond donors (Lipinski definition) is 2. The Bertz CT molecular complexity index is 680. The first-order chi connectivity index (χ1) is 10.6. The molecule has 1 unspecified atom stereocenters. The highest BCUT2D eigenvalue weighted by Crippen LogP contribution is 2.26. The summed E-state index contributed by atoms with van der Waals surface area (Å²) in [7, 11) is -3.54. The predicted octanol–water partition coefficient (Wildman–Crippen LogP) is 3.10. The lowest BCUT2D eigenvalue weighted by atomic mass is 10.0. The second-order valence-corrected chi connectivity index (χ2v) is 8.13. The van der Waals surface area contributed by atoms with Crippen molar-refractivity contribution in [3.05, 3.63) is 52.9 Å². The van der Waals surface area contributed by atoms with E-state index < -0.39 is 10.0 Å². The molecule has 2 aromatic rings. The van der Waals surface area contributed by atoms with Crippen LogP contribution in [-0.4, -0.2) is 20.1 Å². The van der Waals surface area contributed by atoms with Crippen molar-refractivity contribution in [1.29, 1.82) is 0 Å². The molecular formula is C16H21NO3S2. The van der Waals surface area contributed by atoms with Crippen LogP contribution in [0.3, 0.4) is 0 Å². The van der Waals surface area contributed by atoms with Crippen molar-refractivity contribution in [2.24, 2.45) is 0 Å². The van der Waals surface area contributed by atoms with Gasteiger partial charge in [-0.05, 0) is 37.0 Å². The Hall–Kier alpha value is -1.21. The lowest BCUT2D eigenvalue weighted by molar-refractivity contribution is 0.278. The quantitative estimate of drug-likeness (QED) is 0.776. The number of aliphatic hydroxyl groups is 1. The van der Waals surface area contributed by atoms with Crippen LogP contribution in [0.2, 0.25) is 0 Å². The van der Waals surface area contributed by atoms with Crippen LogP contribution in [0.1, 0.15) is 36.2 Å². The highest BCUT2D eigenvalue weighted by Gasteiger charge is 2.22. The van der Waals surface area contributed by atoms with Gasteiger partial charge >= 0.3 is 0 Å². The molecule has 2 N–H and O–H groups in total. The number of aliphatic hydroxyl groups excluding tert-OH is 1. The zero-order chi connectivity index (χ0) is 16.0. The van der Waals surface area contributed by atoms with Gasteiger partial charge < -0.3 is 5.11 Å². The second kappa shape index (κ2) is 7.87. The highest BCUT2D eigenvalue weighted by atomic mass is 32.2. The summed E-state index contributed by atoms with van der Waals surface area (Å²) in [5, 5.41) is 9.04. The van der Waals surface area contributed by atoms with Gasteiger partial charge in [-0.1, -0.05) is 37.3 Å². The fourth-order valence-electron chi connectivity index (χ4n) is 2.21. The average Bonchev–Trinajstić information content (AvgIpc) is 3.02. The van der Waals surface area contributed by atoms with Gasteiger partial charge in [-0.25, -0.2) is 13.1 Å². The number of aryl methyl sites for hydroxylation is 1. The van der Waals surface area contributed by atoms with Crippen LogP contribution in [0.25, 0.3) is 0 Å². The van der Waals surface area contributed by atoms with E-state index in [9.17, 15) is 8.42 Å². The zero-order valence-corrected chi connectivity index (χ0v) is 14.2. The number of hydrogen-bond acceptors (Lipinski definition) is 4. The summed E-state index contributed by atoms with van der Waals surface area (Å²) in [6.45, 7) is 2.05. The van der Waals surface area contributed by atoms with E-state index in [2.05, 4.69) is 4.72 Å². The predicted molar refractivity (Wildman–Crippen MR) is 89.5 cm³/mol. The average molecular weight is 339 g/mol. The molecule has 1 heterocycles. The van der Waals surface area contributed by atoms with Gasteiger partial charge in [-0.2, -0.15) is 0 Å².